The van der Waals surface area contributed by atoms with Crippen molar-refractivity contribution in [2.45, 2.75) is 19.0 Å². The molecule has 1 heterocycles. The van der Waals surface area contributed by atoms with Gasteiger partial charge in [0.2, 0.25) is 11.1 Å². The van der Waals surface area contributed by atoms with E-state index in [0.29, 0.717) is 11.0 Å². The Morgan fingerprint density at radius 3 is 2.78 bits per heavy atom. The maximum Gasteiger partial charge on any atom is 0.234 e. The van der Waals surface area contributed by atoms with Gasteiger partial charge >= 0.3 is 0 Å². The van der Waals surface area contributed by atoms with Crippen LogP contribution >= 0.6 is 34.4 Å². The number of halogens is 1. The van der Waals surface area contributed by atoms with E-state index < -0.39 is 0 Å². The van der Waals surface area contributed by atoms with E-state index in [-0.39, 0.29) is 11.7 Å². The topological polar surface area (TPSA) is 70.7 Å². The van der Waals surface area contributed by atoms with Crippen LogP contribution in [0.4, 0.5) is 5.69 Å². The number of H-pyrrole nitrogens is 1. The van der Waals surface area contributed by atoms with Crippen molar-refractivity contribution in [3.8, 4) is 0 Å². The largest absolute Gasteiger partial charge is 0.325 e. The lowest BCUT2D eigenvalue weighted by molar-refractivity contribution is -0.113. The average Bonchev–Trinajstić information content (AvgIpc) is 3.10. The fourth-order valence-corrected chi connectivity index (χ4v) is 3.68. The number of benzene rings is 2. The van der Waals surface area contributed by atoms with Gasteiger partial charge in [-0.1, -0.05) is 42.1 Å². The highest BCUT2D eigenvalue weighted by Gasteiger charge is 2.08. The monoisotopic (exact) mass is 490 g/mol. The Labute approximate surface area is 176 Å². The minimum absolute atomic E-state index is 0.0777. The lowest BCUT2D eigenvalue weighted by atomic mass is 10.1. The van der Waals surface area contributed by atoms with Crippen LogP contribution in [0, 0.1) is 17.4 Å². The van der Waals surface area contributed by atoms with E-state index in [1.54, 1.807) is 0 Å². The molecule has 2 N–H and O–H groups in total. The summed E-state index contributed by atoms with van der Waals surface area (Å²) < 4.78 is 1.14. The molecule has 7 heteroatoms. The standard InChI is InChI=1S/C20H19IN4OS/c1-13-5-3-4-6-15(13)7-10-18-23-20(25-24-18)27-12-19(26)22-17-9-8-16(21)11-14(17)2/h3-11H,12H2,1-2H3,(H,22,26)(H,23,24,25)/b10-7+. The summed E-state index contributed by atoms with van der Waals surface area (Å²) in [7, 11) is 0. The number of aromatic nitrogens is 3. The maximum absolute atomic E-state index is 12.2. The second-order valence-corrected chi connectivity index (χ2v) is 8.18. The maximum atomic E-state index is 12.2. The van der Waals surface area contributed by atoms with Crippen molar-refractivity contribution in [1.29, 1.82) is 0 Å². The normalized spacial score (nSPS) is 11.1. The molecule has 138 valence electrons. The molecule has 0 bridgehead atoms. The van der Waals surface area contributed by atoms with Crippen LogP contribution in [0.15, 0.2) is 47.6 Å². The van der Waals surface area contributed by atoms with Gasteiger partial charge in [-0.3, -0.25) is 9.89 Å². The van der Waals surface area contributed by atoms with Crippen LogP contribution in [-0.4, -0.2) is 26.8 Å². The molecule has 27 heavy (non-hydrogen) atoms. The highest BCUT2D eigenvalue weighted by molar-refractivity contribution is 14.1. The van der Waals surface area contributed by atoms with Gasteiger partial charge < -0.3 is 5.32 Å². The third kappa shape index (κ3) is 5.67. The Morgan fingerprint density at radius 1 is 1.19 bits per heavy atom. The molecule has 3 rings (SSSR count). The van der Waals surface area contributed by atoms with Crippen molar-refractivity contribution in [2.24, 2.45) is 0 Å². The van der Waals surface area contributed by atoms with Crippen LogP contribution in [-0.2, 0) is 4.79 Å². The number of amides is 1. The molecule has 0 aliphatic carbocycles. The van der Waals surface area contributed by atoms with Crippen LogP contribution in [0.2, 0.25) is 0 Å². The Balaban J connectivity index is 1.55. The van der Waals surface area contributed by atoms with E-state index in [2.05, 4.69) is 62.1 Å². The molecular weight excluding hydrogens is 471 g/mol. The van der Waals surface area contributed by atoms with Crippen LogP contribution < -0.4 is 5.32 Å². The predicted octanol–water partition coefficient (Wildman–Crippen LogP) is 4.93. The lowest BCUT2D eigenvalue weighted by Gasteiger charge is -2.07. The van der Waals surface area contributed by atoms with Gasteiger partial charge in [-0.05, 0) is 77.4 Å². The highest BCUT2D eigenvalue weighted by Crippen LogP contribution is 2.19. The zero-order valence-corrected chi connectivity index (χ0v) is 18.0. The van der Waals surface area contributed by atoms with E-state index in [1.807, 2.05) is 49.4 Å². The van der Waals surface area contributed by atoms with E-state index in [1.165, 1.54) is 17.3 Å². The Hall–Kier alpha value is -2.13. The minimum atomic E-state index is -0.0777. The summed E-state index contributed by atoms with van der Waals surface area (Å²) in [5.41, 5.74) is 4.21. The molecule has 0 unspecified atom stereocenters. The van der Waals surface area contributed by atoms with Gasteiger partial charge in [0.1, 0.15) is 5.82 Å². The molecule has 0 aliphatic rings. The molecule has 0 spiro atoms. The van der Waals surface area contributed by atoms with Crippen molar-refractivity contribution in [2.75, 3.05) is 11.1 Å². The highest BCUT2D eigenvalue weighted by atomic mass is 127. The van der Waals surface area contributed by atoms with E-state index in [4.69, 9.17) is 0 Å². The number of anilines is 1. The van der Waals surface area contributed by atoms with Gasteiger partial charge in [-0.2, -0.15) is 0 Å². The molecule has 5 nitrogen and oxygen atoms in total. The first kappa shape index (κ1) is 19.6. The molecule has 0 radical (unpaired) electrons. The van der Waals surface area contributed by atoms with Crippen LogP contribution in [0.3, 0.4) is 0 Å². The third-order valence-corrected chi connectivity index (χ3v) is 5.40. The molecular formula is C20H19IN4OS. The number of hydrogen-bond donors (Lipinski definition) is 2. The summed E-state index contributed by atoms with van der Waals surface area (Å²) in [5.74, 6) is 0.838. The lowest BCUT2D eigenvalue weighted by Crippen LogP contribution is -2.15. The van der Waals surface area contributed by atoms with E-state index >= 15 is 0 Å². The molecule has 0 aliphatic heterocycles. The molecule has 2 aromatic carbocycles. The van der Waals surface area contributed by atoms with E-state index in [0.717, 1.165) is 20.4 Å². The zero-order chi connectivity index (χ0) is 19.2. The summed E-state index contributed by atoms with van der Waals surface area (Å²) in [6.45, 7) is 4.04. The summed E-state index contributed by atoms with van der Waals surface area (Å²) in [4.78, 5) is 16.6. The smallest absolute Gasteiger partial charge is 0.234 e. The summed E-state index contributed by atoms with van der Waals surface area (Å²) in [6.07, 6.45) is 3.88. The van der Waals surface area contributed by atoms with Crippen LogP contribution in [0.1, 0.15) is 22.5 Å². The number of carbonyl (C=O) groups is 1. The van der Waals surface area contributed by atoms with Gasteiger partial charge in [0, 0.05) is 9.26 Å². The Kier molecular flexibility index (Phi) is 6.68. The number of thioether (sulfide) groups is 1. The molecule has 0 atom stereocenters. The van der Waals surface area contributed by atoms with Crippen molar-refractivity contribution in [3.63, 3.8) is 0 Å². The molecule has 0 saturated heterocycles. The van der Waals surface area contributed by atoms with Crippen molar-refractivity contribution in [3.05, 3.63) is 68.5 Å². The number of nitrogens with zero attached hydrogens (tertiary/aromatic N) is 2. The first-order valence-corrected chi connectivity index (χ1v) is 10.4. The second-order valence-electron chi connectivity index (χ2n) is 5.99. The fraction of sp³-hybridized carbons (Fsp3) is 0.150. The SMILES string of the molecule is Cc1ccccc1/C=C/c1nc(SCC(=O)Nc2ccc(I)cc2C)n[nH]1. The number of hydrogen-bond acceptors (Lipinski definition) is 4. The van der Waals surface area contributed by atoms with Crippen molar-refractivity contribution < 1.29 is 4.79 Å². The average molecular weight is 490 g/mol. The third-order valence-electron chi connectivity index (χ3n) is 3.89. The number of aryl methyl sites for hydroxylation is 2. The Bertz CT molecular complexity index is 984. The van der Waals surface area contributed by atoms with Gasteiger partial charge in [0.05, 0.1) is 5.75 Å². The summed E-state index contributed by atoms with van der Waals surface area (Å²) in [5, 5.41) is 10.5. The van der Waals surface area contributed by atoms with E-state index in [9.17, 15) is 4.79 Å². The summed E-state index contributed by atoms with van der Waals surface area (Å²) >= 11 is 3.55. The van der Waals surface area contributed by atoms with Crippen LogP contribution in [0.5, 0.6) is 0 Å². The number of rotatable bonds is 6. The fourth-order valence-electron chi connectivity index (χ4n) is 2.42. The first-order valence-electron chi connectivity index (χ1n) is 8.36. The minimum Gasteiger partial charge on any atom is -0.325 e. The first-order chi connectivity index (χ1) is 13.0. The summed E-state index contributed by atoms with van der Waals surface area (Å²) in [6, 6.07) is 14.1. The number of aromatic amines is 1. The number of nitrogens with one attached hydrogen (secondary N) is 2. The zero-order valence-electron chi connectivity index (χ0n) is 15.0. The van der Waals surface area contributed by atoms with Gasteiger partial charge in [-0.25, -0.2) is 4.98 Å². The molecule has 1 aromatic heterocycles. The molecule has 0 fully saturated rings. The molecule has 1 amide bonds. The van der Waals surface area contributed by atoms with Crippen molar-refractivity contribution in [1.82, 2.24) is 15.2 Å². The molecule has 0 saturated carbocycles. The van der Waals surface area contributed by atoms with Gasteiger partial charge in [0.15, 0.2) is 0 Å². The quantitative estimate of drug-likeness (QED) is 0.380. The van der Waals surface area contributed by atoms with Gasteiger partial charge in [0.25, 0.3) is 0 Å². The van der Waals surface area contributed by atoms with Crippen LogP contribution in [0.25, 0.3) is 12.2 Å². The Morgan fingerprint density at radius 2 is 2.00 bits per heavy atom. The predicted molar refractivity (Wildman–Crippen MR) is 120 cm³/mol. The number of carbonyl (C=O) groups excluding carboxylic acids is 1. The molecule has 3 aromatic rings. The van der Waals surface area contributed by atoms with Crippen molar-refractivity contribution >= 4 is 58.1 Å². The second kappa shape index (κ2) is 9.18. The van der Waals surface area contributed by atoms with Gasteiger partial charge in [-0.15, -0.1) is 5.10 Å².